The van der Waals surface area contributed by atoms with Gasteiger partial charge in [0.15, 0.2) is 0 Å². The molecule has 0 spiro atoms. The van der Waals surface area contributed by atoms with Crippen molar-refractivity contribution in [3.05, 3.63) is 28.8 Å². The number of ether oxygens (including phenoxy) is 1. The minimum absolute atomic E-state index is 0.709. The molecule has 2 rings (SSSR count). The van der Waals surface area contributed by atoms with E-state index < -0.39 is 0 Å². The van der Waals surface area contributed by atoms with Gasteiger partial charge in [-0.15, -0.1) is 0 Å². The van der Waals surface area contributed by atoms with E-state index in [-0.39, 0.29) is 0 Å². The first-order valence-corrected chi connectivity index (χ1v) is 6.20. The van der Waals surface area contributed by atoms with Crippen molar-refractivity contribution >= 4 is 11.6 Å². The summed E-state index contributed by atoms with van der Waals surface area (Å²) in [6, 6.07) is 5.85. The molecular weight excluding hydrogens is 222 g/mol. The van der Waals surface area contributed by atoms with E-state index in [1.807, 2.05) is 18.2 Å². The molecule has 1 unspecified atom stereocenters. The van der Waals surface area contributed by atoms with Crippen molar-refractivity contribution in [3.63, 3.8) is 0 Å². The van der Waals surface area contributed by atoms with Gasteiger partial charge in [0.05, 0.1) is 7.11 Å². The van der Waals surface area contributed by atoms with E-state index in [1.165, 1.54) is 18.4 Å². The SMILES string of the molecule is COc1ccc(Cl)cc1CC1CCCNC1. The zero-order valence-electron chi connectivity index (χ0n) is 9.63. The minimum atomic E-state index is 0.709. The summed E-state index contributed by atoms with van der Waals surface area (Å²) in [7, 11) is 1.71. The lowest BCUT2D eigenvalue weighted by atomic mass is 9.92. The van der Waals surface area contributed by atoms with Gasteiger partial charge in [-0.3, -0.25) is 0 Å². The Hall–Kier alpha value is -0.730. The number of hydrogen-bond donors (Lipinski definition) is 1. The lowest BCUT2D eigenvalue weighted by Crippen LogP contribution is -2.30. The third-order valence-electron chi connectivity index (χ3n) is 3.15. The molecule has 0 amide bonds. The summed E-state index contributed by atoms with van der Waals surface area (Å²) < 4.78 is 5.36. The first kappa shape index (κ1) is 11.7. The number of benzene rings is 1. The van der Waals surface area contributed by atoms with Gasteiger partial charge in [-0.05, 0) is 62.0 Å². The van der Waals surface area contributed by atoms with Crippen LogP contribution in [-0.2, 0) is 6.42 Å². The van der Waals surface area contributed by atoms with Gasteiger partial charge in [-0.2, -0.15) is 0 Å². The molecule has 1 N–H and O–H groups in total. The zero-order valence-corrected chi connectivity index (χ0v) is 10.4. The summed E-state index contributed by atoms with van der Waals surface area (Å²) in [4.78, 5) is 0. The molecule has 0 aliphatic carbocycles. The van der Waals surface area contributed by atoms with Crippen LogP contribution in [0.1, 0.15) is 18.4 Å². The van der Waals surface area contributed by atoms with Crippen LogP contribution >= 0.6 is 11.6 Å². The Morgan fingerprint density at radius 3 is 3.06 bits per heavy atom. The predicted octanol–water partition coefficient (Wildman–Crippen LogP) is 2.89. The van der Waals surface area contributed by atoms with Crippen LogP contribution in [0.15, 0.2) is 18.2 Å². The third-order valence-corrected chi connectivity index (χ3v) is 3.39. The molecule has 1 saturated heterocycles. The molecule has 16 heavy (non-hydrogen) atoms. The van der Waals surface area contributed by atoms with E-state index in [1.54, 1.807) is 7.11 Å². The molecule has 1 atom stereocenters. The molecular formula is C13H18ClNO. The number of halogens is 1. The first-order chi connectivity index (χ1) is 7.79. The topological polar surface area (TPSA) is 21.3 Å². The molecule has 88 valence electrons. The highest BCUT2D eigenvalue weighted by Gasteiger charge is 2.15. The maximum atomic E-state index is 6.02. The van der Waals surface area contributed by atoms with Crippen molar-refractivity contribution < 1.29 is 4.74 Å². The molecule has 1 heterocycles. The van der Waals surface area contributed by atoms with Gasteiger partial charge in [0, 0.05) is 5.02 Å². The normalized spacial score (nSPS) is 20.8. The molecule has 1 aromatic rings. The fourth-order valence-electron chi connectivity index (χ4n) is 2.32. The number of piperidine rings is 1. The standard InChI is InChI=1S/C13H18ClNO/c1-16-13-5-4-12(14)8-11(13)7-10-3-2-6-15-9-10/h4-5,8,10,15H,2-3,6-7,9H2,1H3. The molecule has 1 aliphatic heterocycles. The van der Waals surface area contributed by atoms with Gasteiger partial charge >= 0.3 is 0 Å². The number of rotatable bonds is 3. The molecule has 1 aromatic carbocycles. The Balaban J connectivity index is 2.09. The molecule has 1 fully saturated rings. The van der Waals surface area contributed by atoms with Crippen LogP contribution in [0.2, 0.25) is 5.02 Å². The van der Waals surface area contributed by atoms with Gasteiger partial charge in [-0.25, -0.2) is 0 Å². The second-order valence-electron chi connectivity index (χ2n) is 4.37. The largest absolute Gasteiger partial charge is 0.496 e. The highest BCUT2D eigenvalue weighted by molar-refractivity contribution is 6.30. The third kappa shape index (κ3) is 2.89. The Morgan fingerprint density at radius 1 is 1.50 bits per heavy atom. The van der Waals surface area contributed by atoms with Gasteiger partial charge in [0.2, 0.25) is 0 Å². The molecule has 0 saturated carbocycles. The molecule has 3 heteroatoms. The highest BCUT2D eigenvalue weighted by atomic mass is 35.5. The average molecular weight is 240 g/mol. The van der Waals surface area contributed by atoms with Crippen molar-refractivity contribution in [3.8, 4) is 5.75 Å². The van der Waals surface area contributed by atoms with Crippen LogP contribution in [-0.4, -0.2) is 20.2 Å². The van der Waals surface area contributed by atoms with Crippen molar-refractivity contribution in [2.24, 2.45) is 5.92 Å². The quantitative estimate of drug-likeness (QED) is 0.876. The summed E-state index contributed by atoms with van der Waals surface area (Å²) in [6.45, 7) is 2.26. The van der Waals surface area contributed by atoms with Crippen molar-refractivity contribution in [2.45, 2.75) is 19.3 Å². The molecule has 2 nitrogen and oxygen atoms in total. The van der Waals surface area contributed by atoms with Crippen LogP contribution in [0.5, 0.6) is 5.75 Å². The lowest BCUT2D eigenvalue weighted by Gasteiger charge is -2.23. The first-order valence-electron chi connectivity index (χ1n) is 5.82. The van der Waals surface area contributed by atoms with E-state index in [0.717, 1.165) is 30.3 Å². The van der Waals surface area contributed by atoms with Gasteiger partial charge < -0.3 is 10.1 Å². The Bertz CT molecular complexity index is 348. The summed E-state index contributed by atoms with van der Waals surface area (Å²) in [5.74, 6) is 1.66. The summed E-state index contributed by atoms with van der Waals surface area (Å²) >= 11 is 6.02. The lowest BCUT2D eigenvalue weighted by molar-refractivity contribution is 0.364. The summed E-state index contributed by atoms with van der Waals surface area (Å²) in [5, 5.41) is 4.22. The molecule has 1 aliphatic rings. The van der Waals surface area contributed by atoms with Crippen LogP contribution in [0, 0.1) is 5.92 Å². The Labute approximate surface area is 102 Å². The fourth-order valence-corrected chi connectivity index (χ4v) is 2.51. The fraction of sp³-hybridized carbons (Fsp3) is 0.538. The minimum Gasteiger partial charge on any atom is -0.496 e. The zero-order chi connectivity index (χ0) is 11.4. The predicted molar refractivity (Wildman–Crippen MR) is 67.3 cm³/mol. The van der Waals surface area contributed by atoms with Crippen LogP contribution in [0.4, 0.5) is 0 Å². The van der Waals surface area contributed by atoms with Crippen molar-refractivity contribution in [1.82, 2.24) is 5.32 Å². The maximum Gasteiger partial charge on any atom is 0.122 e. The van der Waals surface area contributed by atoms with E-state index in [4.69, 9.17) is 16.3 Å². The van der Waals surface area contributed by atoms with Crippen LogP contribution < -0.4 is 10.1 Å². The Kier molecular flexibility index (Phi) is 4.08. The second kappa shape index (κ2) is 5.55. The van der Waals surface area contributed by atoms with Crippen molar-refractivity contribution in [2.75, 3.05) is 20.2 Å². The molecule has 0 bridgehead atoms. The van der Waals surface area contributed by atoms with Crippen molar-refractivity contribution in [1.29, 1.82) is 0 Å². The number of nitrogens with one attached hydrogen (secondary N) is 1. The number of hydrogen-bond acceptors (Lipinski definition) is 2. The summed E-state index contributed by atoms with van der Waals surface area (Å²) in [5.41, 5.74) is 1.23. The van der Waals surface area contributed by atoms with E-state index in [2.05, 4.69) is 5.32 Å². The molecule has 0 aromatic heterocycles. The van der Waals surface area contributed by atoms with Gasteiger partial charge in [0.25, 0.3) is 0 Å². The smallest absolute Gasteiger partial charge is 0.122 e. The number of methoxy groups -OCH3 is 1. The van der Waals surface area contributed by atoms with Gasteiger partial charge in [-0.1, -0.05) is 11.6 Å². The van der Waals surface area contributed by atoms with E-state index in [9.17, 15) is 0 Å². The Morgan fingerprint density at radius 2 is 2.38 bits per heavy atom. The van der Waals surface area contributed by atoms with Crippen LogP contribution in [0.25, 0.3) is 0 Å². The van der Waals surface area contributed by atoms with Gasteiger partial charge in [0.1, 0.15) is 5.75 Å². The van der Waals surface area contributed by atoms with E-state index >= 15 is 0 Å². The maximum absolute atomic E-state index is 6.02. The average Bonchev–Trinajstić information content (AvgIpc) is 2.31. The van der Waals surface area contributed by atoms with Crippen LogP contribution in [0.3, 0.4) is 0 Å². The highest BCUT2D eigenvalue weighted by Crippen LogP contribution is 2.26. The monoisotopic (exact) mass is 239 g/mol. The summed E-state index contributed by atoms with van der Waals surface area (Å²) in [6.07, 6.45) is 3.62. The second-order valence-corrected chi connectivity index (χ2v) is 4.81. The van der Waals surface area contributed by atoms with E-state index in [0.29, 0.717) is 5.92 Å². The molecule has 0 radical (unpaired) electrons.